The Hall–Kier alpha value is -1.04. The van der Waals surface area contributed by atoms with Crippen LogP contribution in [0, 0.1) is 0 Å². The minimum Gasteiger partial charge on any atom is -0.481 e. The summed E-state index contributed by atoms with van der Waals surface area (Å²) in [4.78, 5) is 10.6. The van der Waals surface area contributed by atoms with E-state index in [2.05, 4.69) is 31.0 Å². The van der Waals surface area contributed by atoms with Crippen molar-refractivity contribution in [1.29, 1.82) is 0 Å². The van der Waals surface area contributed by atoms with Gasteiger partial charge in [0, 0.05) is 12.5 Å². The number of hydrogen-bond acceptors (Lipinski definition) is 4. The zero-order valence-corrected chi connectivity index (χ0v) is 11.3. The van der Waals surface area contributed by atoms with Gasteiger partial charge in [0.05, 0.1) is 5.75 Å². The molecule has 1 aromatic heterocycles. The second-order valence-electron chi connectivity index (χ2n) is 3.98. The highest BCUT2D eigenvalue weighted by molar-refractivity contribution is 7.99. The Morgan fingerprint density at radius 2 is 2.18 bits per heavy atom. The van der Waals surface area contributed by atoms with E-state index >= 15 is 0 Å². The first kappa shape index (κ1) is 14.0. The molecule has 96 valence electrons. The molecule has 0 fully saturated rings. The van der Waals surface area contributed by atoms with E-state index < -0.39 is 5.97 Å². The third-order valence-corrected chi connectivity index (χ3v) is 3.52. The summed E-state index contributed by atoms with van der Waals surface area (Å²) in [7, 11) is 0. The van der Waals surface area contributed by atoms with Crippen LogP contribution in [0.5, 0.6) is 0 Å². The van der Waals surface area contributed by atoms with Crippen LogP contribution < -0.4 is 0 Å². The van der Waals surface area contributed by atoms with Crippen LogP contribution in [0.25, 0.3) is 0 Å². The monoisotopic (exact) mass is 257 g/mol. The third kappa shape index (κ3) is 3.73. The lowest BCUT2D eigenvalue weighted by Gasteiger charge is -2.11. The topological polar surface area (TPSA) is 68.0 Å². The van der Waals surface area contributed by atoms with Crippen molar-refractivity contribution in [3.05, 3.63) is 5.82 Å². The summed E-state index contributed by atoms with van der Waals surface area (Å²) < 4.78 is 2.04. The van der Waals surface area contributed by atoms with Crippen molar-refractivity contribution >= 4 is 17.7 Å². The van der Waals surface area contributed by atoms with Gasteiger partial charge in [0.1, 0.15) is 5.82 Å². The molecule has 0 radical (unpaired) electrons. The van der Waals surface area contributed by atoms with Crippen molar-refractivity contribution in [2.45, 2.75) is 51.2 Å². The molecule has 0 amide bonds. The first-order valence-corrected chi connectivity index (χ1v) is 6.86. The van der Waals surface area contributed by atoms with Gasteiger partial charge in [-0.15, -0.1) is 10.2 Å². The SMILES string of the molecule is CCCn1c(SCC(=O)O)nnc1C(C)CC. The molecule has 1 unspecified atom stereocenters. The van der Waals surface area contributed by atoms with Crippen molar-refractivity contribution in [2.24, 2.45) is 0 Å². The number of carboxylic acid groups (broad SMARTS) is 1. The minimum absolute atomic E-state index is 0.0301. The highest BCUT2D eigenvalue weighted by atomic mass is 32.2. The Morgan fingerprint density at radius 1 is 1.47 bits per heavy atom. The van der Waals surface area contributed by atoms with Gasteiger partial charge in [0.2, 0.25) is 0 Å². The highest BCUT2D eigenvalue weighted by Crippen LogP contribution is 2.23. The average molecular weight is 257 g/mol. The number of thioether (sulfide) groups is 1. The van der Waals surface area contributed by atoms with E-state index in [-0.39, 0.29) is 5.75 Å². The molecule has 0 bridgehead atoms. The van der Waals surface area contributed by atoms with Crippen LogP contribution in [0.3, 0.4) is 0 Å². The van der Waals surface area contributed by atoms with Crippen LogP contribution in [0.15, 0.2) is 5.16 Å². The fourth-order valence-corrected chi connectivity index (χ4v) is 2.21. The van der Waals surface area contributed by atoms with Crippen LogP contribution >= 0.6 is 11.8 Å². The minimum atomic E-state index is -0.828. The fourth-order valence-electron chi connectivity index (χ4n) is 1.51. The number of carbonyl (C=O) groups is 1. The molecule has 1 aromatic rings. The van der Waals surface area contributed by atoms with Gasteiger partial charge in [-0.05, 0) is 12.8 Å². The Bertz CT molecular complexity index is 379. The summed E-state index contributed by atoms with van der Waals surface area (Å²) in [5.41, 5.74) is 0. The lowest BCUT2D eigenvalue weighted by molar-refractivity contribution is -0.133. The van der Waals surface area contributed by atoms with E-state index in [0.717, 1.165) is 25.2 Å². The van der Waals surface area contributed by atoms with Crippen LogP contribution in [0.4, 0.5) is 0 Å². The van der Waals surface area contributed by atoms with Crippen molar-refractivity contribution in [3.63, 3.8) is 0 Å². The number of carboxylic acids is 1. The van der Waals surface area contributed by atoms with Crippen molar-refractivity contribution in [2.75, 3.05) is 5.75 Å². The zero-order valence-electron chi connectivity index (χ0n) is 10.5. The van der Waals surface area contributed by atoms with Crippen molar-refractivity contribution in [3.8, 4) is 0 Å². The maximum Gasteiger partial charge on any atom is 0.313 e. The number of aliphatic carboxylic acids is 1. The summed E-state index contributed by atoms with van der Waals surface area (Å²) in [5, 5.41) is 17.7. The predicted molar refractivity (Wildman–Crippen MR) is 67.4 cm³/mol. The quantitative estimate of drug-likeness (QED) is 0.759. The van der Waals surface area contributed by atoms with Crippen molar-refractivity contribution in [1.82, 2.24) is 14.8 Å². The van der Waals surface area contributed by atoms with Gasteiger partial charge in [-0.3, -0.25) is 4.79 Å². The molecule has 0 saturated heterocycles. The van der Waals surface area contributed by atoms with E-state index in [0.29, 0.717) is 11.1 Å². The molecule has 0 aliphatic rings. The van der Waals surface area contributed by atoms with E-state index in [1.165, 1.54) is 11.8 Å². The maximum absolute atomic E-state index is 10.6. The molecule has 5 nitrogen and oxygen atoms in total. The number of hydrogen-bond donors (Lipinski definition) is 1. The number of rotatable bonds is 7. The Morgan fingerprint density at radius 3 is 2.71 bits per heavy atom. The smallest absolute Gasteiger partial charge is 0.313 e. The Balaban J connectivity index is 2.89. The first-order chi connectivity index (χ1) is 8.10. The van der Waals surface area contributed by atoms with Gasteiger partial charge in [-0.1, -0.05) is 32.5 Å². The van der Waals surface area contributed by atoms with Crippen LogP contribution in [0.1, 0.15) is 45.4 Å². The Kier molecular flexibility index (Phi) is 5.47. The van der Waals surface area contributed by atoms with E-state index in [1.807, 2.05) is 4.57 Å². The van der Waals surface area contributed by atoms with Crippen molar-refractivity contribution < 1.29 is 9.90 Å². The molecule has 1 heterocycles. The van der Waals surface area contributed by atoms with E-state index in [9.17, 15) is 4.79 Å². The molecular weight excluding hydrogens is 238 g/mol. The summed E-state index contributed by atoms with van der Waals surface area (Å²) in [6.45, 7) is 7.15. The van der Waals surface area contributed by atoms with E-state index in [1.54, 1.807) is 0 Å². The molecule has 0 aromatic carbocycles. The summed E-state index contributed by atoms with van der Waals surface area (Å²) >= 11 is 1.23. The Labute approximate surface area is 106 Å². The fraction of sp³-hybridized carbons (Fsp3) is 0.727. The largest absolute Gasteiger partial charge is 0.481 e. The normalized spacial score (nSPS) is 12.6. The van der Waals surface area contributed by atoms with Gasteiger partial charge in [-0.2, -0.15) is 0 Å². The predicted octanol–water partition coefficient (Wildman–Crippen LogP) is 2.38. The summed E-state index contributed by atoms with van der Waals surface area (Å²) in [5.74, 6) is 0.518. The molecule has 0 saturated carbocycles. The van der Waals surface area contributed by atoms with Gasteiger partial charge < -0.3 is 9.67 Å². The molecule has 17 heavy (non-hydrogen) atoms. The number of aromatic nitrogens is 3. The molecule has 0 spiro atoms. The van der Waals surface area contributed by atoms with Crippen LogP contribution in [-0.4, -0.2) is 31.6 Å². The summed E-state index contributed by atoms with van der Waals surface area (Å²) in [6.07, 6.45) is 1.99. The summed E-state index contributed by atoms with van der Waals surface area (Å²) in [6, 6.07) is 0. The molecule has 1 atom stereocenters. The molecule has 0 aliphatic carbocycles. The second-order valence-corrected chi connectivity index (χ2v) is 4.93. The molecule has 1 N–H and O–H groups in total. The highest BCUT2D eigenvalue weighted by Gasteiger charge is 2.16. The van der Waals surface area contributed by atoms with Gasteiger partial charge in [-0.25, -0.2) is 0 Å². The lowest BCUT2D eigenvalue weighted by Crippen LogP contribution is -2.08. The van der Waals surface area contributed by atoms with Gasteiger partial charge in [0.15, 0.2) is 5.16 Å². The first-order valence-electron chi connectivity index (χ1n) is 5.87. The average Bonchev–Trinajstić information content (AvgIpc) is 2.69. The van der Waals surface area contributed by atoms with Gasteiger partial charge in [0.25, 0.3) is 0 Å². The van der Waals surface area contributed by atoms with E-state index in [4.69, 9.17) is 5.11 Å². The third-order valence-electron chi connectivity index (χ3n) is 2.57. The van der Waals surface area contributed by atoms with Gasteiger partial charge >= 0.3 is 5.97 Å². The van der Waals surface area contributed by atoms with Crippen LogP contribution in [0.2, 0.25) is 0 Å². The zero-order chi connectivity index (χ0) is 12.8. The second kappa shape index (κ2) is 6.64. The number of nitrogens with zero attached hydrogens (tertiary/aromatic N) is 3. The molecule has 6 heteroatoms. The molecule has 1 rings (SSSR count). The molecule has 0 aliphatic heterocycles. The lowest BCUT2D eigenvalue weighted by atomic mass is 10.1. The standard InChI is InChI=1S/C11H19N3O2S/c1-4-6-14-10(8(3)5-2)12-13-11(14)17-7-9(15)16/h8H,4-7H2,1-3H3,(H,15,16). The molecular formula is C11H19N3O2S. The maximum atomic E-state index is 10.6. The van der Waals surface area contributed by atoms with Crippen LogP contribution in [-0.2, 0) is 11.3 Å².